The van der Waals surface area contributed by atoms with Crippen LogP contribution >= 0.6 is 0 Å². The van der Waals surface area contributed by atoms with Gasteiger partial charge < -0.3 is 14.8 Å². The van der Waals surface area contributed by atoms with E-state index in [4.69, 9.17) is 9.47 Å². The lowest BCUT2D eigenvalue weighted by Gasteiger charge is -2.27. The van der Waals surface area contributed by atoms with Crippen LogP contribution in [0.2, 0.25) is 0 Å². The maximum atomic E-state index is 13.1. The van der Waals surface area contributed by atoms with Crippen LogP contribution in [0, 0.1) is 0 Å². The Balaban J connectivity index is 2.36. The van der Waals surface area contributed by atoms with Crippen molar-refractivity contribution in [3.63, 3.8) is 0 Å². The molecule has 1 amide bonds. The van der Waals surface area contributed by atoms with E-state index in [1.807, 2.05) is 6.07 Å². The molecule has 0 saturated heterocycles. The van der Waals surface area contributed by atoms with Crippen LogP contribution in [0.4, 0.5) is 0 Å². The molecule has 0 radical (unpaired) electrons. The second kappa shape index (κ2) is 9.07. The van der Waals surface area contributed by atoms with E-state index in [9.17, 15) is 13.2 Å². The number of ether oxygens (including phenoxy) is 2. The number of likely N-dealkylation sites (N-methyl/N-ethyl adjacent to an activating group) is 1. The average molecular weight is 407 g/mol. The van der Waals surface area contributed by atoms with Gasteiger partial charge in [0.2, 0.25) is 15.9 Å². The van der Waals surface area contributed by atoms with Gasteiger partial charge in [-0.25, -0.2) is 8.42 Å². The van der Waals surface area contributed by atoms with E-state index < -0.39 is 28.0 Å². The number of rotatable bonds is 8. The van der Waals surface area contributed by atoms with Crippen LogP contribution in [0.3, 0.4) is 0 Å². The van der Waals surface area contributed by atoms with E-state index >= 15 is 0 Å². The van der Waals surface area contributed by atoms with Crippen LogP contribution in [0.25, 0.3) is 0 Å². The van der Waals surface area contributed by atoms with Crippen molar-refractivity contribution >= 4 is 15.9 Å². The minimum absolute atomic E-state index is 0.434. The van der Waals surface area contributed by atoms with Crippen LogP contribution in [-0.2, 0) is 14.8 Å². The van der Waals surface area contributed by atoms with E-state index in [2.05, 4.69) is 5.32 Å². The number of nitrogens with one attached hydrogen (secondary N) is 1. The molecule has 0 bridgehead atoms. The Morgan fingerprint density at radius 2 is 1.71 bits per heavy atom. The second-order valence-corrected chi connectivity index (χ2v) is 8.47. The van der Waals surface area contributed by atoms with E-state index in [1.165, 1.54) is 7.05 Å². The number of carbonyl (C=O) groups is 1. The molecule has 0 aliphatic rings. The first-order chi connectivity index (χ1) is 13.2. The molecule has 0 fully saturated rings. The first-order valence-corrected chi connectivity index (χ1v) is 10.5. The number of hydrogen-bond acceptors (Lipinski definition) is 5. The van der Waals surface area contributed by atoms with Gasteiger partial charge in [-0.2, -0.15) is 4.31 Å². The Labute approximate surface area is 166 Å². The summed E-state index contributed by atoms with van der Waals surface area (Å²) >= 11 is 0. The molecule has 0 aromatic heterocycles. The third kappa shape index (κ3) is 5.02. The van der Waals surface area contributed by atoms with E-state index in [1.54, 1.807) is 63.6 Å². The second-order valence-electron chi connectivity index (χ2n) is 6.43. The number of sulfonamides is 1. The lowest BCUT2D eigenvalue weighted by molar-refractivity contribution is -0.125. The maximum Gasteiger partial charge on any atom is 0.243 e. The van der Waals surface area contributed by atoms with Crippen molar-refractivity contribution in [1.29, 1.82) is 0 Å². The van der Waals surface area contributed by atoms with Gasteiger partial charge in [0, 0.05) is 12.6 Å². The minimum Gasteiger partial charge on any atom is -0.497 e. The molecular formula is C20H26N2O5S. The third-order valence-electron chi connectivity index (χ3n) is 4.51. The molecule has 2 atom stereocenters. The van der Waals surface area contributed by atoms with E-state index in [0.29, 0.717) is 17.1 Å². The highest BCUT2D eigenvalue weighted by Gasteiger charge is 2.31. The number of amides is 1. The molecule has 8 heteroatoms. The van der Waals surface area contributed by atoms with Gasteiger partial charge in [-0.1, -0.05) is 30.3 Å². The predicted octanol–water partition coefficient (Wildman–Crippen LogP) is 2.51. The molecule has 1 N–H and O–H groups in total. The van der Waals surface area contributed by atoms with Crippen molar-refractivity contribution in [2.24, 2.45) is 0 Å². The number of hydrogen-bond donors (Lipinski definition) is 1. The molecule has 152 valence electrons. The van der Waals surface area contributed by atoms with Gasteiger partial charge in [0.25, 0.3) is 0 Å². The molecule has 0 aliphatic heterocycles. The summed E-state index contributed by atoms with van der Waals surface area (Å²) in [6.07, 6.45) is 1.07. The number of benzene rings is 2. The van der Waals surface area contributed by atoms with Gasteiger partial charge in [-0.15, -0.1) is 0 Å². The van der Waals surface area contributed by atoms with Crippen molar-refractivity contribution in [2.75, 3.05) is 27.5 Å². The minimum atomic E-state index is -3.59. The molecular weight excluding hydrogens is 380 g/mol. The summed E-state index contributed by atoms with van der Waals surface area (Å²) in [6, 6.07) is 12.7. The topological polar surface area (TPSA) is 84.9 Å². The quantitative estimate of drug-likeness (QED) is 0.728. The first kappa shape index (κ1) is 21.7. The maximum absolute atomic E-state index is 13.1. The Hall–Kier alpha value is -2.58. The zero-order chi connectivity index (χ0) is 20.9. The fourth-order valence-corrected chi connectivity index (χ4v) is 3.50. The highest BCUT2D eigenvalue weighted by molar-refractivity contribution is 7.88. The fraction of sp³-hybridized carbons (Fsp3) is 0.350. The highest BCUT2D eigenvalue weighted by atomic mass is 32.2. The summed E-state index contributed by atoms with van der Waals surface area (Å²) in [4.78, 5) is 13.1. The van der Waals surface area contributed by atoms with Crippen LogP contribution in [0.15, 0.2) is 48.5 Å². The Morgan fingerprint density at radius 1 is 1.07 bits per heavy atom. The lowest BCUT2D eigenvalue weighted by atomic mass is 10.0. The molecule has 2 unspecified atom stereocenters. The summed E-state index contributed by atoms with van der Waals surface area (Å²) < 4.78 is 35.9. The van der Waals surface area contributed by atoms with Crippen LogP contribution < -0.4 is 14.8 Å². The molecule has 0 heterocycles. The lowest BCUT2D eigenvalue weighted by Crippen LogP contribution is -2.42. The highest BCUT2D eigenvalue weighted by Crippen LogP contribution is 2.30. The third-order valence-corrected chi connectivity index (χ3v) is 5.77. The normalized spacial score (nSPS) is 13.6. The SMILES string of the molecule is COc1ccc(OC)c(C(C)NC(=O)C(c2ccccc2)N(C)S(C)(=O)=O)c1. The smallest absolute Gasteiger partial charge is 0.243 e. The van der Waals surface area contributed by atoms with E-state index in [0.717, 1.165) is 16.1 Å². The van der Waals surface area contributed by atoms with Gasteiger partial charge in [0.1, 0.15) is 17.5 Å². The molecule has 0 aliphatic carbocycles. The fourth-order valence-electron chi connectivity index (χ4n) is 2.90. The standard InChI is InChI=1S/C20H26N2O5S/c1-14(17-13-16(26-3)11-12-18(17)27-4)21-20(23)19(22(2)28(5,24)25)15-9-7-6-8-10-15/h6-14,19H,1-5H3,(H,21,23). The van der Waals surface area contributed by atoms with Gasteiger partial charge in [0.15, 0.2) is 0 Å². The van der Waals surface area contributed by atoms with Crippen molar-refractivity contribution in [2.45, 2.75) is 19.0 Å². The molecule has 0 saturated carbocycles. The van der Waals surface area contributed by atoms with Gasteiger partial charge in [-0.05, 0) is 30.7 Å². The number of methoxy groups -OCH3 is 2. The summed E-state index contributed by atoms with van der Waals surface area (Å²) in [7, 11) is 0.903. The summed E-state index contributed by atoms with van der Waals surface area (Å²) in [6.45, 7) is 1.80. The molecule has 28 heavy (non-hydrogen) atoms. The summed E-state index contributed by atoms with van der Waals surface area (Å²) in [5.41, 5.74) is 1.31. The molecule has 2 aromatic carbocycles. The summed E-state index contributed by atoms with van der Waals surface area (Å²) in [5, 5.41) is 2.89. The first-order valence-electron chi connectivity index (χ1n) is 8.69. The average Bonchev–Trinajstić information content (AvgIpc) is 2.67. The Morgan fingerprint density at radius 3 is 2.25 bits per heavy atom. The van der Waals surface area contributed by atoms with Crippen LogP contribution in [-0.4, -0.2) is 46.2 Å². The Bertz CT molecular complexity index is 915. The zero-order valence-corrected chi connectivity index (χ0v) is 17.5. The number of nitrogens with zero attached hydrogens (tertiary/aromatic N) is 1. The van der Waals surface area contributed by atoms with Gasteiger partial charge in [-0.3, -0.25) is 4.79 Å². The Kier molecular flexibility index (Phi) is 7.04. The number of carbonyl (C=O) groups excluding carboxylic acids is 1. The zero-order valence-electron chi connectivity index (χ0n) is 16.7. The predicted molar refractivity (Wildman–Crippen MR) is 108 cm³/mol. The van der Waals surface area contributed by atoms with Crippen molar-refractivity contribution in [3.8, 4) is 11.5 Å². The molecule has 2 rings (SSSR count). The van der Waals surface area contributed by atoms with Crippen molar-refractivity contribution in [3.05, 3.63) is 59.7 Å². The van der Waals surface area contributed by atoms with Crippen molar-refractivity contribution < 1.29 is 22.7 Å². The molecule has 7 nitrogen and oxygen atoms in total. The van der Waals surface area contributed by atoms with Gasteiger partial charge in [0.05, 0.1) is 26.5 Å². The monoisotopic (exact) mass is 406 g/mol. The summed E-state index contributed by atoms with van der Waals surface area (Å²) in [5.74, 6) is 0.794. The largest absolute Gasteiger partial charge is 0.497 e. The van der Waals surface area contributed by atoms with Gasteiger partial charge >= 0.3 is 0 Å². The van der Waals surface area contributed by atoms with E-state index in [-0.39, 0.29) is 0 Å². The molecule has 0 spiro atoms. The van der Waals surface area contributed by atoms with Crippen molar-refractivity contribution in [1.82, 2.24) is 9.62 Å². The van der Waals surface area contributed by atoms with Crippen LogP contribution in [0.1, 0.15) is 30.1 Å². The van der Waals surface area contributed by atoms with Crippen LogP contribution in [0.5, 0.6) is 11.5 Å². The molecule has 2 aromatic rings.